The Bertz CT molecular complexity index is 813. The Morgan fingerprint density at radius 3 is 2.48 bits per heavy atom. The van der Waals surface area contributed by atoms with Gasteiger partial charge in [-0.2, -0.15) is 9.40 Å². The molecule has 126 valence electrons. The fourth-order valence-corrected chi connectivity index (χ4v) is 4.09. The Labute approximate surface area is 142 Å². The van der Waals surface area contributed by atoms with E-state index in [2.05, 4.69) is 5.10 Å². The van der Waals surface area contributed by atoms with Gasteiger partial charge in [0, 0.05) is 31.9 Å². The van der Waals surface area contributed by atoms with E-state index >= 15 is 0 Å². The Morgan fingerprint density at radius 1 is 1.30 bits per heavy atom. The third kappa shape index (κ3) is 3.44. The lowest BCUT2D eigenvalue weighted by molar-refractivity contribution is 0.463. The first-order chi connectivity index (χ1) is 10.7. The van der Waals surface area contributed by atoms with Gasteiger partial charge in [-0.25, -0.2) is 8.42 Å². The molecule has 7 heteroatoms. The van der Waals surface area contributed by atoms with Crippen LogP contribution in [0.25, 0.3) is 0 Å². The number of benzene rings is 1. The predicted octanol–water partition coefficient (Wildman–Crippen LogP) is 3.33. The van der Waals surface area contributed by atoms with Crippen LogP contribution in [0.3, 0.4) is 0 Å². The van der Waals surface area contributed by atoms with Gasteiger partial charge < -0.3 is 0 Å². The topological polar surface area (TPSA) is 55.2 Å². The number of aromatic nitrogens is 2. The van der Waals surface area contributed by atoms with Crippen molar-refractivity contribution in [1.29, 1.82) is 0 Å². The number of rotatable bonds is 5. The van der Waals surface area contributed by atoms with Crippen molar-refractivity contribution in [2.75, 3.05) is 7.05 Å². The minimum absolute atomic E-state index is 0.122. The summed E-state index contributed by atoms with van der Waals surface area (Å²) in [6, 6.07) is 6.48. The van der Waals surface area contributed by atoms with Gasteiger partial charge in [0.15, 0.2) is 0 Å². The summed E-state index contributed by atoms with van der Waals surface area (Å²) in [6.45, 7) is 6.31. The minimum atomic E-state index is -3.65. The highest BCUT2D eigenvalue weighted by molar-refractivity contribution is 7.89. The lowest BCUT2D eigenvalue weighted by atomic mass is 10.0. The van der Waals surface area contributed by atoms with Crippen molar-refractivity contribution in [2.45, 2.75) is 38.1 Å². The molecule has 1 aromatic carbocycles. The zero-order chi connectivity index (χ0) is 17.4. The molecule has 0 saturated carbocycles. The highest BCUT2D eigenvalue weighted by Gasteiger charge is 2.26. The van der Waals surface area contributed by atoms with Gasteiger partial charge in [0.2, 0.25) is 10.0 Å². The van der Waals surface area contributed by atoms with Crippen LogP contribution < -0.4 is 0 Å². The van der Waals surface area contributed by atoms with Crippen molar-refractivity contribution in [1.82, 2.24) is 14.1 Å². The number of sulfonamides is 1. The number of hydrogen-bond acceptors (Lipinski definition) is 3. The van der Waals surface area contributed by atoms with Crippen molar-refractivity contribution < 1.29 is 8.42 Å². The van der Waals surface area contributed by atoms with Crippen LogP contribution in [0.2, 0.25) is 5.02 Å². The maximum Gasteiger partial charge on any atom is 0.244 e. The van der Waals surface area contributed by atoms with Crippen molar-refractivity contribution in [3.63, 3.8) is 0 Å². The molecule has 0 unspecified atom stereocenters. The predicted molar refractivity (Wildman–Crippen MR) is 92.1 cm³/mol. The molecule has 1 heterocycles. The van der Waals surface area contributed by atoms with Crippen LogP contribution in [0.5, 0.6) is 0 Å². The molecule has 0 radical (unpaired) electrons. The summed E-state index contributed by atoms with van der Waals surface area (Å²) in [5.41, 5.74) is 2.83. The van der Waals surface area contributed by atoms with Crippen molar-refractivity contribution in [2.24, 2.45) is 7.05 Å². The molecule has 23 heavy (non-hydrogen) atoms. The van der Waals surface area contributed by atoms with E-state index in [0.717, 1.165) is 17.0 Å². The summed E-state index contributed by atoms with van der Waals surface area (Å²) in [5.74, 6) is 0.223. The van der Waals surface area contributed by atoms with Gasteiger partial charge in [-0.3, -0.25) is 4.68 Å². The summed E-state index contributed by atoms with van der Waals surface area (Å²) in [6.07, 6.45) is 0. The molecule has 2 rings (SSSR count). The number of halogens is 1. The lowest BCUT2D eigenvalue weighted by Crippen LogP contribution is -2.27. The number of hydrogen-bond donors (Lipinski definition) is 0. The monoisotopic (exact) mass is 355 g/mol. The van der Waals surface area contributed by atoms with Crippen LogP contribution in [-0.2, 0) is 23.6 Å². The first-order valence-corrected chi connectivity index (χ1v) is 9.21. The molecule has 1 aromatic heterocycles. The lowest BCUT2D eigenvalue weighted by Gasteiger charge is -2.19. The fraction of sp³-hybridized carbons (Fsp3) is 0.438. The summed E-state index contributed by atoms with van der Waals surface area (Å²) >= 11 is 6.05. The molecule has 0 N–H and O–H groups in total. The van der Waals surface area contributed by atoms with E-state index in [1.807, 2.05) is 27.8 Å². The van der Waals surface area contributed by atoms with E-state index in [1.165, 1.54) is 10.4 Å². The Kier molecular flexibility index (Phi) is 5.18. The highest BCUT2D eigenvalue weighted by Crippen LogP contribution is 2.27. The average molecular weight is 356 g/mol. The smallest absolute Gasteiger partial charge is 0.244 e. The minimum Gasteiger partial charge on any atom is -0.272 e. The SMILES string of the molecule is Cc1c(CN(C)S(=O)(=O)c2ccccc2Cl)c(C(C)C)nn1C. The summed E-state index contributed by atoms with van der Waals surface area (Å²) < 4.78 is 28.7. The van der Waals surface area contributed by atoms with Crippen molar-refractivity contribution >= 4 is 21.6 Å². The van der Waals surface area contributed by atoms with Gasteiger partial charge in [0.05, 0.1) is 10.7 Å². The standard InChI is InChI=1S/C16H22ClN3O2S/c1-11(2)16-13(12(3)20(5)18-16)10-19(4)23(21,22)15-9-7-6-8-14(15)17/h6-9,11H,10H2,1-5H3. The van der Waals surface area contributed by atoms with Crippen LogP contribution in [0, 0.1) is 6.92 Å². The van der Waals surface area contributed by atoms with E-state index < -0.39 is 10.0 Å². The first kappa shape index (κ1) is 18.0. The molecule has 0 aliphatic carbocycles. The Hall–Kier alpha value is -1.37. The van der Waals surface area contributed by atoms with Gasteiger partial charge in [-0.1, -0.05) is 37.6 Å². The zero-order valence-electron chi connectivity index (χ0n) is 14.0. The molecule has 0 bridgehead atoms. The zero-order valence-corrected chi connectivity index (χ0v) is 15.6. The van der Waals surface area contributed by atoms with Crippen LogP contribution in [0.4, 0.5) is 0 Å². The second-order valence-electron chi connectivity index (χ2n) is 5.92. The van der Waals surface area contributed by atoms with E-state index in [1.54, 1.807) is 29.9 Å². The van der Waals surface area contributed by atoms with Gasteiger partial charge >= 0.3 is 0 Å². The van der Waals surface area contributed by atoms with E-state index in [-0.39, 0.29) is 22.4 Å². The van der Waals surface area contributed by atoms with E-state index in [4.69, 9.17) is 11.6 Å². The Morgan fingerprint density at radius 2 is 1.91 bits per heavy atom. The maximum absolute atomic E-state index is 12.8. The quantitative estimate of drug-likeness (QED) is 0.826. The second-order valence-corrected chi connectivity index (χ2v) is 8.34. The molecule has 5 nitrogen and oxygen atoms in total. The van der Waals surface area contributed by atoms with Gasteiger partial charge in [-0.05, 0) is 25.0 Å². The van der Waals surface area contributed by atoms with Crippen LogP contribution in [0.1, 0.15) is 36.7 Å². The van der Waals surface area contributed by atoms with Crippen LogP contribution in [0.15, 0.2) is 29.2 Å². The molecule has 0 aliphatic rings. The number of nitrogens with zero attached hydrogens (tertiary/aromatic N) is 3. The van der Waals surface area contributed by atoms with Gasteiger partial charge in [-0.15, -0.1) is 0 Å². The molecule has 2 aromatic rings. The summed E-state index contributed by atoms with van der Waals surface area (Å²) in [5, 5.41) is 4.73. The second kappa shape index (κ2) is 6.63. The molecule has 0 spiro atoms. The fourth-order valence-electron chi connectivity index (χ4n) is 2.47. The summed E-state index contributed by atoms with van der Waals surface area (Å²) in [7, 11) is -0.220. The van der Waals surface area contributed by atoms with Crippen LogP contribution in [-0.4, -0.2) is 29.6 Å². The maximum atomic E-state index is 12.8. The highest BCUT2D eigenvalue weighted by atomic mass is 35.5. The Balaban J connectivity index is 2.40. The number of aryl methyl sites for hydroxylation is 1. The van der Waals surface area contributed by atoms with Crippen LogP contribution >= 0.6 is 11.6 Å². The molecule has 0 atom stereocenters. The third-order valence-electron chi connectivity index (χ3n) is 3.94. The molecule has 0 fully saturated rings. The van der Waals surface area contributed by atoms with Gasteiger partial charge in [0.25, 0.3) is 0 Å². The first-order valence-electron chi connectivity index (χ1n) is 7.39. The molecular formula is C16H22ClN3O2S. The van der Waals surface area contributed by atoms with Crippen molar-refractivity contribution in [3.8, 4) is 0 Å². The molecular weight excluding hydrogens is 334 g/mol. The van der Waals surface area contributed by atoms with Gasteiger partial charge in [0.1, 0.15) is 4.90 Å². The molecule has 0 aliphatic heterocycles. The average Bonchev–Trinajstić information content (AvgIpc) is 2.76. The normalized spacial score (nSPS) is 12.3. The summed E-state index contributed by atoms with van der Waals surface area (Å²) in [4.78, 5) is 0.122. The van der Waals surface area contributed by atoms with E-state index in [0.29, 0.717) is 0 Å². The largest absolute Gasteiger partial charge is 0.272 e. The molecule has 0 saturated heterocycles. The molecule has 0 amide bonds. The van der Waals surface area contributed by atoms with E-state index in [9.17, 15) is 8.42 Å². The third-order valence-corrected chi connectivity index (χ3v) is 6.24. The van der Waals surface area contributed by atoms with Crippen molar-refractivity contribution in [3.05, 3.63) is 46.2 Å².